The maximum Gasteiger partial charge on any atom is 0.225 e. The van der Waals surface area contributed by atoms with E-state index in [9.17, 15) is 9.59 Å². The molecule has 0 aliphatic carbocycles. The fourth-order valence-electron chi connectivity index (χ4n) is 1.69. The van der Waals surface area contributed by atoms with Gasteiger partial charge in [0.25, 0.3) is 0 Å². The summed E-state index contributed by atoms with van der Waals surface area (Å²) in [5.41, 5.74) is 0.444. The van der Waals surface area contributed by atoms with Crippen LogP contribution in [0.1, 0.15) is 23.2 Å². The number of benzene rings is 1. The molecule has 1 heterocycles. The highest BCUT2D eigenvalue weighted by Gasteiger charge is 2.12. The minimum absolute atomic E-state index is 0.0978. The van der Waals surface area contributed by atoms with Crippen LogP contribution >= 0.6 is 11.6 Å². The summed E-state index contributed by atoms with van der Waals surface area (Å²) in [7, 11) is 0. The van der Waals surface area contributed by atoms with Gasteiger partial charge in [-0.15, -0.1) is 0 Å². The summed E-state index contributed by atoms with van der Waals surface area (Å²) in [4.78, 5) is 27.6. The average Bonchev–Trinajstić information content (AvgIpc) is 2.46. The number of carbonyl (C=O) groups excluding carboxylic acids is 2. The molecule has 0 saturated carbocycles. The molecule has 1 aromatic carbocycles. The molecule has 20 heavy (non-hydrogen) atoms. The van der Waals surface area contributed by atoms with E-state index in [0.717, 1.165) is 0 Å². The standard InChI is InChI=1S/C15H13ClN2O2/c16-12-6-2-1-5-11(12)13(19)8-9-15(20)18-14-7-3-4-10-17-14/h1-7,10H,8-9H2,(H,17,18,20). The van der Waals surface area contributed by atoms with E-state index in [0.29, 0.717) is 16.4 Å². The van der Waals surface area contributed by atoms with Gasteiger partial charge in [0.15, 0.2) is 5.78 Å². The average molecular weight is 289 g/mol. The van der Waals surface area contributed by atoms with E-state index in [1.54, 1.807) is 48.7 Å². The molecule has 0 atom stereocenters. The van der Waals surface area contributed by atoms with Crippen molar-refractivity contribution in [3.63, 3.8) is 0 Å². The van der Waals surface area contributed by atoms with E-state index in [2.05, 4.69) is 10.3 Å². The van der Waals surface area contributed by atoms with Crippen molar-refractivity contribution in [2.45, 2.75) is 12.8 Å². The number of hydrogen-bond donors (Lipinski definition) is 1. The van der Waals surface area contributed by atoms with Crippen molar-refractivity contribution in [2.24, 2.45) is 0 Å². The smallest absolute Gasteiger partial charge is 0.225 e. The summed E-state index contributed by atoms with van der Waals surface area (Å²) in [5, 5.41) is 3.03. The zero-order valence-electron chi connectivity index (χ0n) is 10.7. The number of ketones is 1. The summed E-state index contributed by atoms with van der Waals surface area (Å²) in [6.07, 6.45) is 1.80. The molecule has 0 bridgehead atoms. The van der Waals surface area contributed by atoms with Crippen LogP contribution in [0, 0.1) is 0 Å². The van der Waals surface area contributed by atoms with E-state index in [1.807, 2.05) is 0 Å². The molecule has 5 heteroatoms. The quantitative estimate of drug-likeness (QED) is 0.859. The number of anilines is 1. The molecular formula is C15H13ClN2O2. The molecule has 0 aliphatic rings. The van der Waals surface area contributed by atoms with Gasteiger partial charge in [0.1, 0.15) is 5.82 Å². The van der Waals surface area contributed by atoms with Gasteiger partial charge in [0.05, 0.1) is 5.02 Å². The Kier molecular flexibility index (Phi) is 4.85. The van der Waals surface area contributed by atoms with E-state index >= 15 is 0 Å². The molecule has 0 radical (unpaired) electrons. The Morgan fingerprint density at radius 1 is 1.05 bits per heavy atom. The Hall–Kier alpha value is -2.20. The Morgan fingerprint density at radius 2 is 1.80 bits per heavy atom. The normalized spacial score (nSPS) is 10.1. The lowest BCUT2D eigenvalue weighted by Gasteiger charge is -2.05. The number of nitrogens with one attached hydrogen (secondary N) is 1. The number of carbonyl (C=O) groups is 2. The van der Waals surface area contributed by atoms with E-state index in [1.165, 1.54) is 0 Å². The predicted molar refractivity (Wildman–Crippen MR) is 77.9 cm³/mol. The van der Waals surface area contributed by atoms with Gasteiger partial charge in [-0.05, 0) is 24.3 Å². The third-order valence-corrected chi connectivity index (χ3v) is 3.02. The molecule has 0 saturated heterocycles. The van der Waals surface area contributed by atoms with E-state index in [4.69, 9.17) is 11.6 Å². The van der Waals surface area contributed by atoms with Gasteiger partial charge in [0.2, 0.25) is 5.91 Å². The van der Waals surface area contributed by atoms with Crippen molar-refractivity contribution in [3.05, 3.63) is 59.2 Å². The topological polar surface area (TPSA) is 59.1 Å². The molecule has 0 unspecified atom stereocenters. The van der Waals surface area contributed by atoms with Crippen LogP contribution in [0.25, 0.3) is 0 Å². The fourth-order valence-corrected chi connectivity index (χ4v) is 1.93. The third-order valence-electron chi connectivity index (χ3n) is 2.69. The second kappa shape index (κ2) is 6.82. The molecule has 0 fully saturated rings. The highest BCUT2D eigenvalue weighted by Crippen LogP contribution is 2.17. The number of halogens is 1. The molecule has 0 spiro atoms. The summed E-state index contributed by atoms with van der Waals surface area (Å²) in [5.74, 6) is 0.0820. The largest absolute Gasteiger partial charge is 0.311 e. The molecule has 0 aliphatic heterocycles. The zero-order valence-corrected chi connectivity index (χ0v) is 11.4. The second-order valence-corrected chi connectivity index (χ2v) is 4.57. The van der Waals surface area contributed by atoms with Crippen LogP contribution in [0.3, 0.4) is 0 Å². The summed E-state index contributed by atoms with van der Waals surface area (Å²) >= 11 is 5.93. The van der Waals surface area contributed by atoms with Crippen LogP contribution in [0.5, 0.6) is 0 Å². The number of nitrogens with zero attached hydrogens (tertiary/aromatic N) is 1. The highest BCUT2D eigenvalue weighted by molar-refractivity contribution is 6.34. The number of Topliss-reactive ketones (excluding diaryl/α,β-unsaturated/α-hetero) is 1. The van der Waals surface area contributed by atoms with Gasteiger partial charge in [-0.3, -0.25) is 9.59 Å². The monoisotopic (exact) mass is 288 g/mol. The van der Waals surface area contributed by atoms with Crippen LogP contribution in [0.4, 0.5) is 5.82 Å². The summed E-state index contributed by atoms with van der Waals surface area (Å²) in [6, 6.07) is 12.0. The van der Waals surface area contributed by atoms with Crippen molar-refractivity contribution in [1.82, 2.24) is 4.98 Å². The highest BCUT2D eigenvalue weighted by atomic mass is 35.5. The summed E-state index contributed by atoms with van der Waals surface area (Å²) in [6.45, 7) is 0. The van der Waals surface area contributed by atoms with Gasteiger partial charge < -0.3 is 5.32 Å². The lowest BCUT2D eigenvalue weighted by molar-refractivity contribution is -0.116. The van der Waals surface area contributed by atoms with E-state index < -0.39 is 0 Å². The zero-order chi connectivity index (χ0) is 14.4. The molecule has 1 aromatic heterocycles. The van der Waals surface area contributed by atoms with Crippen LogP contribution in [0.15, 0.2) is 48.7 Å². The van der Waals surface area contributed by atoms with Gasteiger partial charge in [-0.2, -0.15) is 0 Å². The van der Waals surface area contributed by atoms with Gasteiger partial charge in [-0.1, -0.05) is 29.8 Å². The maximum absolute atomic E-state index is 11.9. The minimum atomic E-state index is -0.246. The maximum atomic E-state index is 11.9. The molecule has 1 N–H and O–H groups in total. The molecule has 2 aromatic rings. The Balaban J connectivity index is 1.88. The number of hydrogen-bond acceptors (Lipinski definition) is 3. The molecule has 1 amide bonds. The Morgan fingerprint density at radius 3 is 2.50 bits per heavy atom. The van der Waals surface area contributed by atoms with Crippen LogP contribution in [-0.4, -0.2) is 16.7 Å². The first kappa shape index (κ1) is 14.2. The number of aromatic nitrogens is 1. The minimum Gasteiger partial charge on any atom is -0.311 e. The Bertz CT molecular complexity index is 614. The lowest BCUT2D eigenvalue weighted by atomic mass is 10.1. The molecular weight excluding hydrogens is 276 g/mol. The SMILES string of the molecule is O=C(CCC(=O)c1ccccc1Cl)Nc1ccccn1. The van der Waals surface area contributed by atoms with Crippen molar-refractivity contribution in [2.75, 3.05) is 5.32 Å². The number of rotatable bonds is 5. The van der Waals surface area contributed by atoms with Crippen molar-refractivity contribution < 1.29 is 9.59 Å². The van der Waals surface area contributed by atoms with Crippen molar-refractivity contribution in [3.8, 4) is 0 Å². The van der Waals surface area contributed by atoms with Gasteiger partial charge in [-0.25, -0.2) is 4.98 Å². The van der Waals surface area contributed by atoms with Crippen molar-refractivity contribution in [1.29, 1.82) is 0 Å². The predicted octanol–water partition coefficient (Wildman–Crippen LogP) is 3.34. The third kappa shape index (κ3) is 3.90. The second-order valence-electron chi connectivity index (χ2n) is 4.17. The van der Waals surface area contributed by atoms with E-state index in [-0.39, 0.29) is 24.5 Å². The molecule has 4 nitrogen and oxygen atoms in total. The molecule has 102 valence electrons. The number of pyridine rings is 1. The lowest BCUT2D eigenvalue weighted by Crippen LogP contribution is -2.14. The van der Waals surface area contributed by atoms with Crippen LogP contribution in [0.2, 0.25) is 5.02 Å². The summed E-state index contributed by atoms with van der Waals surface area (Å²) < 4.78 is 0. The first-order valence-electron chi connectivity index (χ1n) is 6.15. The Labute approximate surface area is 121 Å². The molecule has 2 rings (SSSR count). The van der Waals surface area contributed by atoms with Gasteiger partial charge >= 0.3 is 0 Å². The fraction of sp³-hybridized carbons (Fsp3) is 0.133. The van der Waals surface area contributed by atoms with Crippen LogP contribution in [-0.2, 0) is 4.79 Å². The first-order valence-corrected chi connectivity index (χ1v) is 6.53. The first-order chi connectivity index (χ1) is 9.66. The number of amides is 1. The van der Waals surface area contributed by atoms with Crippen molar-refractivity contribution >= 4 is 29.1 Å². The van der Waals surface area contributed by atoms with Crippen LogP contribution < -0.4 is 5.32 Å². The van der Waals surface area contributed by atoms with Gasteiger partial charge in [0, 0.05) is 24.6 Å².